The third-order valence-electron chi connectivity index (χ3n) is 0.0833. The van der Waals surface area contributed by atoms with Crippen molar-refractivity contribution in [2.45, 2.75) is 13.8 Å². The molecule has 0 bridgehead atoms. The second kappa shape index (κ2) is 19.7. The molecule has 0 saturated carbocycles. The number of rotatable bonds is 1. The monoisotopic (exact) mass is 109 g/mol. The molecule has 1 atom stereocenters. The minimum atomic E-state index is -0.610. The molecular weight excluding hydrogens is 99.0 g/mol. The highest BCUT2D eigenvalue weighted by molar-refractivity contribution is 7.17. The molecule has 0 N–H and O–H groups in total. The van der Waals surface area contributed by atoms with Gasteiger partial charge in [0.05, 0.1) is 7.11 Å². The molecule has 38 valence electrons. The lowest BCUT2D eigenvalue weighted by Crippen LogP contribution is -1.42. The molecule has 0 aromatic rings. The van der Waals surface area contributed by atoms with Crippen molar-refractivity contribution in [1.29, 1.82) is 0 Å². The Balaban J connectivity index is 0. The highest BCUT2D eigenvalue weighted by Gasteiger charge is 1.65. The van der Waals surface area contributed by atoms with E-state index in [1.807, 2.05) is 13.8 Å². The predicted octanol–water partition coefficient (Wildman–Crippen LogP) is 1.60. The van der Waals surface area contributed by atoms with E-state index in [2.05, 4.69) is 4.52 Å². The lowest BCUT2D eigenvalue weighted by atomic mass is 11.0. The van der Waals surface area contributed by atoms with Gasteiger partial charge in [-0.1, -0.05) is 13.8 Å². The topological polar surface area (TPSA) is 26.3 Å². The van der Waals surface area contributed by atoms with E-state index in [0.29, 0.717) is 0 Å². The van der Waals surface area contributed by atoms with Crippen molar-refractivity contribution in [2.24, 2.45) is 0 Å². The fourth-order valence-corrected chi connectivity index (χ4v) is 0. The summed E-state index contributed by atoms with van der Waals surface area (Å²) in [6.07, 6.45) is 0. The fourth-order valence-electron chi connectivity index (χ4n) is 0. The zero-order valence-corrected chi connectivity index (χ0v) is 5.32. The molecule has 0 aliphatic rings. The van der Waals surface area contributed by atoms with Crippen molar-refractivity contribution in [3.8, 4) is 0 Å². The van der Waals surface area contributed by atoms with Gasteiger partial charge in [0.2, 0.25) is 0 Å². The zero-order valence-electron chi connectivity index (χ0n) is 4.32. The maximum absolute atomic E-state index is 9.10. The Kier molecular flexibility index (Phi) is 30.8. The van der Waals surface area contributed by atoms with Gasteiger partial charge in [-0.15, -0.1) is 0 Å². The summed E-state index contributed by atoms with van der Waals surface area (Å²) in [6, 6.07) is 0. The van der Waals surface area contributed by atoms with E-state index in [-0.39, 0.29) is 0 Å². The van der Waals surface area contributed by atoms with Crippen LogP contribution < -0.4 is 0 Å². The summed E-state index contributed by atoms with van der Waals surface area (Å²) in [5.41, 5.74) is 0. The van der Waals surface area contributed by atoms with Gasteiger partial charge < -0.3 is 0 Å². The highest BCUT2D eigenvalue weighted by atomic mass is 31.1. The Labute approximate surface area is 39.8 Å². The molecule has 1 unspecified atom stereocenters. The molecule has 0 aliphatic heterocycles. The molecule has 0 aromatic heterocycles. The first kappa shape index (κ1) is 9.41. The average molecular weight is 109 g/mol. The largest absolute Gasteiger partial charge is 0.493 e. The van der Waals surface area contributed by atoms with Gasteiger partial charge in [0.25, 0.3) is 0 Å². The average Bonchev–Trinajstić information content (AvgIpc) is 1.72. The molecule has 0 spiro atoms. The molecule has 0 amide bonds. The summed E-state index contributed by atoms with van der Waals surface area (Å²) < 4.78 is 13.1. The normalized spacial score (nSPS) is 6.50. The molecule has 0 saturated heterocycles. The highest BCUT2D eigenvalue weighted by Crippen LogP contribution is 1.83. The van der Waals surface area contributed by atoms with E-state index >= 15 is 0 Å². The number of hydrogen-bond acceptors (Lipinski definition) is 2. The van der Waals surface area contributed by atoms with Crippen LogP contribution in [0.3, 0.4) is 0 Å². The third kappa shape index (κ3) is 33.8. The molecule has 0 rings (SSSR count). The summed E-state index contributed by atoms with van der Waals surface area (Å²) in [5, 5.41) is 0. The summed E-state index contributed by atoms with van der Waals surface area (Å²) in [5.74, 6) is 0. The van der Waals surface area contributed by atoms with Crippen LogP contribution in [-0.2, 0) is 9.09 Å². The minimum absolute atomic E-state index is 0.610. The molecule has 0 radical (unpaired) electrons. The SMILES string of the molecule is CC.CO[PH+]=O. The first-order valence-electron chi connectivity index (χ1n) is 1.82. The summed E-state index contributed by atoms with van der Waals surface area (Å²) >= 11 is 0. The first-order valence-corrected chi connectivity index (χ1v) is 2.63. The van der Waals surface area contributed by atoms with Gasteiger partial charge in [-0.3, -0.25) is 0 Å². The predicted molar refractivity (Wildman–Crippen MR) is 27.4 cm³/mol. The van der Waals surface area contributed by atoms with Gasteiger partial charge in [0.1, 0.15) is 0 Å². The van der Waals surface area contributed by atoms with Crippen LogP contribution in [0.4, 0.5) is 0 Å². The maximum Gasteiger partial charge on any atom is 0.493 e. The van der Waals surface area contributed by atoms with Gasteiger partial charge >= 0.3 is 8.69 Å². The lowest BCUT2D eigenvalue weighted by molar-refractivity contribution is 0.433. The van der Waals surface area contributed by atoms with Crippen LogP contribution in [0, 0.1) is 0 Å². The molecule has 0 aromatic carbocycles. The van der Waals surface area contributed by atoms with Crippen molar-refractivity contribution >= 4 is 8.69 Å². The van der Waals surface area contributed by atoms with E-state index in [9.17, 15) is 0 Å². The zero-order chi connectivity index (χ0) is 5.41. The Bertz CT molecular complexity index is 22.8. The summed E-state index contributed by atoms with van der Waals surface area (Å²) in [6.45, 7) is 4.00. The van der Waals surface area contributed by atoms with Gasteiger partial charge in [0.15, 0.2) is 0 Å². The number of hydrogen-bond donors (Lipinski definition) is 0. The van der Waals surface area contributed by atoms with E-state index in [0.717, 1.165) is 0 Å². The Hall–Kier alpha value is 0.0600. The van der Waals surface area contributed by atoms with Crippen molar-refractivity contribution in [1.82, 2.24) is 0 Å². The molecular formula is C3H10O2P+. The lowest BCUT2D eigenvalue weighted by Gasteiger charge is -1.44. The van der Waals surface area contributed by atoms with Gasteiger partial charge in [-0.2, -0.15) is 4.52 Å². The summed E-state index contributed by atoms with van der Waals surface area (Å²) in [7, 11) is 0.771. The second-order valence-electron chi connectivity index (χ2n) is 0.287. The Morgan fingerprint density at radius 2 is 1.67 bits per heavy atom. The van der Waals surface area contributed by atoms with Crippen LogP contribution in [0.5, 0.6) is 0 Å². The summed E-state index contributed by atoms with van der Waals surface area (Å²) in [4.78, 5) is 0. The minimum Gasteiger partial charge on any atom is -0.151 e. The van der Waals surface area contributed by atoms with Crippen molar-refractivity contribution in [3.63, 3.8) is 0 Å². The van der Waals surface area contributed by atoms with Crippen LogP contribution >= 0.6 is 8.69 Å². The molecule has 6 heavy (non-hydrogen) atoms. The van der Waals surface area contributed by atoms with Crippen LogP contribution in [0.2, 0.25) is 0 Å². The van der Waals surface area contributed by atoms with Crippen LogP contribution in [0.15, 0.2) is 0 Å². The van der Waals surface area contributed by atoms with Crippen molar-refractivity contribution < 1.29 is 9.09 Å². The van der Waals surface area contributed by atoms with Crippen LogP contribution in [0.25, 0.3) is 0 Å². The molecule has 0 heterocycles. The van der Waals surface area contributed by atoms with E-state index in [1.165, 1.54) is 7.11 Å². The van der Waals surface area contributed by atoms with Crippen molar-refractivity contribution in [2.75, 3.05) is 7.11 Å². The third-order valence-corrected chi connectivity index (χ3v) is 0.250. The van der Waals surface area contributed by atoms with E-state index < -0.39 is 8.69 Å². The molecule has 3 heteroatoms. The maximum atomic E-state index is 9.10. The van der Waals surface area contributed by atoms with Crippen molar-refractivity contribution in [3.05, 3.63) is 0 Å². The van der Waals surface area contributed by atoms with Gasteiger partial charge in [-0.25, -0.2) is 0 Å². The van der Waals surface area contributed by atoms with Gasteiger partial charge in [0, 0.05) is 0 Å². The Morgan fingerprint density at radius 1 is 1.50 bits per heavy atom. The smallest absolute Gasteiger partial charge is 0.151 e. The molecule has 0 fully saturated rings. The second-order valence-corrected chi connectivity index (χ2v) is 0.862. The standard InChI is InChI=1S/C2H6.CH4O2P/c1-2;1-3-4-2/h1-2H3;4H,1H3/q;+1. The van der Waals surface area contributed by atoms with E-state index in [4.69, 9.17) is 4.57 Å². The fraction of sp³-hybridized carbons (Fsp3) is 1.00. The quantitative estimate of drug-likeness (QED) is 0.478. The molecule has 2 nitrogen and oxygen atoms in total. The molecule has 0 aliphatic carbocycles. The van der Waals surface area contributed by atoms with Crippen LogP contribution in [0.1, 0.15) is 13.8 Å². The van der Waals surface area contributed by atoms with Crippen LogP contribution in [-0.4, -0.2) is 7.11 Å². The Morgan fingerprint density at radius 3 is 1.67 bits per heavy atom. The van der Waals surface area contributed by atoms with Gasteiger partial charge in [-0.05, 0) is 4.57 Å². The first-order chi connectivity index (χ1) is 2.91. The van der Waals surface area contributed by atoms with E-state index in [1.54, 1.807) is 0 Å².